The summed E-state index contributed by atoms with van der Waals surface area (Å²) in [5, 5.41) is 7.05. The topological polar surface area (TPSA) is 72.9 Å². The fraction of sp³-hybridized carbons (Fsp3) is 0.333. The number of nitrogens with one attached hydrogen (secondary N) is 1. The summed E-state index contributed by atoms with van der Waals surface area (Å²) in [5.41, 5.74) is 8.40. The van der Waals surface area contributed by atoms with Crippen LogP contribution in [0.1, 0.15) is 36.7 Å². The first-order valence-electron chi connectivity index (χ1n) is 6.60. The Morgan fingerprint density at radius 2 is 2.00 bits per heavy atom. The molecule has 0 bridgehead atoms. The Bertz CT molecular complexity index is 691. The molecule has 2 rings (SSSR count). The Balaban J connectivity index is 0.00000242. The van der Waals surface area contributed by atoms with Gasteiger partial charge in [-0.15, -0.1) is 12.4 Å². The molecule has 0 aliphatic carbocycles. The lowest BCUT2D eigenvalue weighted by atomic mass is 10.1. The van der Waals surface area contributed by atoms with Crippen LogP contribution in [0.2, 0.25) is 0 Å². The van der Waals surface area contributed by atoms with Gasteiger partial charge in [0.25, 0.3) is 5.91 Å². The van der Waals surface area contributed by atoms with Gasteiger partial charge in [0.2, 0.25) is 0 Å². The zero-order valence-corrected chi connectivity index (χ0v) is 15.4. The van der Waals surface area contributed by atoms with Gasteiger partial charge < -0.3 is 11.1 Å². The Labute approximate surface area is 144 Å². The minimum Gasteiger partial charge on any atom is -0.397 e. The summed E-state index contributed by atoms with van der Waals surface area (Å²) >= 11 is 3.40. The standard InChI is InChI=1S/C15H19BrN4O.ClH/c1-9-5-11(16)6-12(13(9)17)19-14(21)10-7-18-20(8-10)15(2,3)4;/h5-8H,17H2,1-4H3,(H,19,21);1H. The lowest BCUT2D eigenvalue weighted by Crippen LogP contribution is -2.22. The molecule has 1 aromatic heterocycles. The highest BCUT2D eigenvalue weighted by atomic mass is 79.9. The molecular weight excluding hydrogens is 368 g/mol. The van der Waals surface area contributed by atoms with Crippen LogP contribution in [0.4, 0.5) is 11.4 Å². The van der Waals surface area contributed by atoms with Crippen LogP contribution in [-0.2, 0) is 5.54 Å². The van der Waals surface area contributed by atoms with E-state index in [1.807, 2.05) is 33.8 Å². The maximum absolute atomic E-state index is 12.3. The number of hydrogen-bond acceptors (Lipinski definition) is 3. The van der Waals surface area contributed by atoms with E-state index in [1.54, 1.807) is 23.1 Å². The highest BCUT2D eigenvalue weighted by Gasteiger charge is 2.17. The van der Waals surface area contributed by atoms with E-state index in [9.17, 15) is 4.79 Å². The van der Waals surface area contributed by atoms with Gasteiger partial charge in [-0.3, -0.25) is 9.48 Å². The number of hydrogen-bond donors (Lipinski definition) is 2. The van der Waals surface area contributed by atoms with Gasteiger partial charge in [0.1, 0.15) is 0 Å². The lowest BCUT2D eigenvalue weighted by Gasteiger charge is -2.18. The van der Waals surface area contributed by atoms with Crippen LogP contribution in [0.3, 0.4) is 0 Å². The number of aryl methyl sites for hydroxylation is 1. The van der Waals surface area contributed by atoms with Crippen molar-refractivity contribution in [1.82, 2.24) is 9.78 Å². The molecule has 2 aromatic rings. The Hall–Kier alpha value is -1.53. The average Bonchev–Trinajstić information content (AvgIpc) is 2.84. The normalized spacial score (nSPS) is 11.0. The molecule has 0 aliphatic rings. The number of carbonyl (C=O) groups is 1. The van der Waals surface area contributed by atoms with Gasteiger partial charge in [-0.05, 0) is 45.4 Å². The second-order valence-corrected chi connectivity index (χ2v) is 6.90. The number of anilines is 2. The molecule has 7 heteroatoms. The number of nitrogens with two attached hydrogens (primary N) is 1. The molecule has 3 N–H and O–H groups in total. The van der Waals surface area contributed by atoms with Gasteiger partial charge in [0.15, 0.2) is 0 Å². The quantitative estimate of drug-likeness (QED) is 0.766. The van der Waals surface area contributed by atoms with Crippen molar-refractivity contribution in [3.05, 3.63) is 40.1 Å². The molecule has 0 saturated carbocycles. The monoisotopic (exact) mass is 386 g/mol. The van der Waals surface area contributed by atoms with E-state index in [1.165, 1.54) is 0 Å². The van der Waals surface area contributed by atoms with E-state index >= 15 is 0 Å². The summed E-state index contributed by atoms with van der Waals surface area (Å²) in [6.07, 6.45) is 3.29. The van der Waals surface area contributed by atoms with Crippen LogP contribution in [0.25, 0.3) is 0 Å². The second-order valence-electron chi connectivity index (χ2n) is 5.98. The van der Waals surface area contributed by atoms with Gasteiger partial charge in [-0.2, -0.15) is 5.10 Å². The zero-order valence-electron chi connectivity index (χ0n) is 13.0. The minimum absolute atomic E-state index is 0. The number of rotatable bonds is 2. The van der Waals surface area contributed by atoms with Gasteiger partial charge in [-0.1, -0.05) is 15.9 Å². The van der Waals surface area contributed by atoms with Crippen molar-refractivity contribution in [3.8, 4) is 0 Å². The molecule has 120 valence electrons. The molecule has 0 spiro atoms. The van der Waals surface area contributed by atoms with Crippen molar-refractivity contribution < 1.29 is 4.79 Å². The lowest BCUT2D eigenvalue weighted by molar-refractivity contribution is 0.102. The minimum atomic E-state index is -0.227. The van der Waals surface area contributed by atoms with E-state index in [-0.39, 0.29) is 23.9 Å². The molecule has 0 fully saturated rings. The highest BCUT2D eigenvalue weighted by Crippen LogP contribution is 2.28. The first kappa shape index (κ1) is 18.5. The van der Waals surface area contributed by atoms with Crippen LogP contribution in [-0.4, -0.2) is 15.7 Å². The Morgan fingerprint density at radius 3 is 2.55 bits per heavy atom. The first-order valence-corrected chi connectivity index (χ1v) is 7.40. The van der Waals surface area contributed by atoms with Crippen LogP contribution >= 0.6 is 28.3 Å². The van der Waals surface area contributed by atoms with Crippen molar-refractivity contribution in [1.29, 1.82) is 0 Å². The average molecular weight is 388 g/mol. The third kappa shape index (κ3) is 4.01. The van der Waals surface area contributed by atoms with Crippen molar-refractivity contribution in [2.24, 2.45) is 0 Å². The highest BCUT2D eigenvalue weighted by molar-refractivity contribution is 9.10. The number of halogens is 2. The summed E-state index contributed by atoms with van der Waals surface area (Å²) in [4.78, 5) is 12.3. The molecule has 1 amide bonds. The number of carbonyl (C=O) groups excluding carboxylic acids is 1. The van der Waals surface area contributed by atoms with Crippen molar-refractivity contribution in [3.63, 3.8) is 0 Å². The third-order valence-electron chi connectivity index (χ3n) is 3.13. The van der Waals surface area contributed by atoms with E-state index in [4.69, 9.17) is 5.73 Å². The molecule has 0 atom stereocenters. The van der Waals surface area contributed by atoms with Gasteiger partial charge in [-0.25, -0.2) is 0 Å². The van der Waals surface area contributed by atoms with Gasteiger partial charge >= 0.3 is 0 Å². The number of nitrogens with zero attached hydrogens (tertiary/aromatic N) is 2. The Morgan fingerprint density at radius 1 is 1.36 bits per heavy atom. The maximum atomic E-state index is 12.3. The first-order chi connectivity index (χ1) is 9.68. The van der Waals surface area contributed by atoms with E-state index in [2.05, 4.69) is 26.3 Å². The summed E-state index contributed by atoms with van der Waals surface area (Å²) in [6.45, 7) is 7.97. The van der Waals surface area contributed by atoms with E-state index in [0.717, 1.165) is 10.0 Å². The summed E-state index contributed by atoms with van der Waals surface area (Å²) in [5.74, 6) is -0.227. The fourth-order valence-electron chi connectivity index (χ4n) is 1.86. The van der Waals surface area contributed by atoms with E-state index < -0.39 is 0 Å². The molecule has 0 aliphatic heterocycles. The van der Waals surface area contributed by atoms with Crippen molar-refractivity contribution in [2.45, 2.75) is 33.2 Å². The SMILES string of the molecule is Cc1cc(Br)cc(NC(=O)c2cnn(C(C)(C)C)c2)c1N.Cl. The molecule has 0 saturated heterocycles. The van der Waals surface area contributed by atoms with Gasteiger partial charge in [0, 0.05) is 10.7 Å². The zero-order chi connectivity index (χ0) is 15.8. The molecule has 0 radical (unpaired) electrons. The maximum Gasteiger partial charge on any atom is 0.258 e. The number of amides is 1. The summed E-state index contributed by atoms with van der Waals surface area (Å²) in [6, 6.07) is 3.69. The van der Waals surface area contributed by atoms with Crippen LogP contribution in [0.5, 0.6) is 0 Å². The molecule has 22 heavy (non-hydrogen) atoms. The molecular formula is C15H20BrClN4O. The van der Waals surface area contributed by atoms with E-state index in [0.29, 0.717) is 16.9 Å². The Kier molecular flexibility index (Phi) is 5.65. The molecule has 1 heterocycles. The predicted molar refractivity (Wildman–Crippen MR) is 95.7 cm³/mol. The summed E-state index contributed by atoms with van der Waals surface area (Å²) < 4.78 is 2.63. The number of aromatic nitrogens is 2. The number of benzene rings is 1. The van der Waals surface area contributed by atoms with Crippen molar-refractivity contribution >= 4 is 45.6 Å². The summed E-state index contributed by atoms with van der Waals surface area (Å²) in [7, 11) is 0. The molecule has 0 unspecified atom stereocenters. The fourth-order valence-corrected chi connectivity index (χ4v) is 2.43. The molecule has 5 nitrogen and oxygen atoms in total. The van der Waals surface area contributed by atoms with Crippen molar-refractivity contribution in [2.75, 3.05) is 11.1 Å². The van der Waals surface area contributed by atoms with Crippen LogP contribution in [0, 0.1) is 6.92 Å². The predicted octanol–water partition coefficient (Wildman–Crippen LogP) is 3.97. The largest absolute Gasteiger partial charge is 0.397 e. The molecule has 1 aromatic carbocycles. The smallest absolute Gasteiger partial charge is 0.258 e. The van der Waals surface area contributed by atoms with Crippen LogP contribution < -0.4 is 11.1 Å². The van der Waals surface area contributed by atoms with Gasteiger partial charge in [0.05, 0.1) is 28.7 Å². The van der Waals surface area contributed by atoms with Crippen LogP contribution in [0.15, 0.2) is 29.0 Å². The number of nitrogen functional groups attached to an aromatic ring is 1. The third-order valence-corrected chi connectivity index (χ3v) is 3.59. The second kappa shape index (κ2) is 6.71.